The number of rotatable bonds is 6. The summed E-state index contributed by atoms with van der Waals surface area (Å²) in [5.41, 5.74) is 2.55. The second-order valence-corrected chi connectivity index (χ2v) is 5.94. The first-order valence-electron chi connectivity index (χ1n) is 8.00. The molecule has 0 saturated carbocycles. The highest BCUT2D eigenvalue weighted by atomic mass is 16.1. The van der Waals surface area contributed by atoms with Crippen LogP contribution in [0.1, 0.15) is 56.1 Å². The van der Waals surface area contributed by atoms with Gasteiger partial charge < -0.3 is 10.6 Å². The van der Waals surface area contributed by atoms with Crippen LogP contribution in [0.4, 0.5) is 11.5 Å². The summed E-state index contributed by atoms with van der Waals surface area (Å²) in [6.45, 7) is 8.28. The fraction of sp³-hybridized carbons (Fsp3) is 0.389. The van der Waals surface area contributed by atoms with E-state index in [9.17, 15) is 4.79 Å². The summed E-state index contributed by atoms with van der Waals surface area (Å²) in [6.07, 6.45) is 3.96. The second-order valence-electron chi connectivity index (χ2n) is 5.94. The van der Waals surface area contributed by atoms with Gasteiger partial charge in [-0.2, -0.15) is 0 Å². The fourth-order valence-electron chi connectivity index (χ4n) is 2.16. The molecule has 2 rings (SSSR count). The number of nitrogens with zero attached hydrogens (tertiary/aromatic N) is 2. The monoisotopic (exact) mass is 312 g/mol. The van der Waals surface area contributed by atoms with Crippen LogP contribution in [0.5, 0.6) is 0 Å². The number of hydrogen-bond acceptors (Lipinski definition) is 4. The molecule has 0 aliphatic heterocycles. The maximum absolute atomic E-state index is 12.0. The van der Waals surface area contributed by atoms with Crippen LogP contribution < -0.4 is 10.6 Å². The van der Waals surface area contributed by atoms with Gasteiger partial charge in [-0.1, -0.05) is 39.0 Å². The Bertz CT molecular complexity index is 652. The Morgan fingerprint density at radius 3 is 2.48 bits per heavy atom. The molecule has 5 heteroatoms. The molecule has 2 N–H and O–H groups in total. The van der Waals surface area contributed by atoms with Crippen LogP contribution in [0.3, 0.4) is 0 Å². The number of aromatic nitrogens is 2. The molecular formula is C18H24N4O. The average Bonchev–Trinajstić information content (AvgIpc) is 2.55. The van der Waals surface area contributed by atoms with Gasteiger partial charge in [-0.15, -0.1) is 0 Å². The number of nitrogens with one attached hydrogen (secondary N) is 2. The Morgan fingerprint density at radius 2 is 1.87 bits per heavy atom. The summed E-state index contributed by atoms with van der Waals surface area (Å²) in [5, 5.41) is 6.14. The predicted molar refractivity (Wildman–Crippen MR) is 93.1 cm³/mol. The number of para-hydroxylation sites is 1. The summed E-state index contributed by atoms with van der Waals surface area (Å²) < 4.78 is 0. The molecule has 1 unspecified atom stereocenters. The van der Waals surface area contributed by atoms with Crippen LogP contribution in [0.15, 0.2) is 36.7 Å². The van der Waals surface area contributed by atoms with Gasteiger partial charge in [0.1, 0.15) is 11.5 Å². The Morgan fingerprint density at radius 1 is 1.13 bits per heavy atom. The Hall–Kier alpha value is -2.43. The zero-order valence-electron chi connectivity index (χ0n) is 14.1. The van der Waals surface area contributed by atoms with E-state index in [4.69, 9.17) is 0 Å². The first-order chi connectivity index (χ1) is 11.0. The number of hydrogen-bond donors (Lipinski definition) is 2. The topological polar surface area (TPSA) is 66.9 Å². The lowest BCUT2D eigenvalue weighted by atomic mass is 10.0. The van der Waals surface area contributed by atoms with Crippen LogP contribution in [-0.2, 0) is 0 Å². The van der Waals surface area contributed by atoms with Gasteiger partial charge in [0.05, 0.1) is 12.4 Å². The molecule has 1 heterocycles. The van der Waals surface area contributed by atoms with E-state index in [0.29, 0.717) is 17.4 Å². The van der Waals surface area contributed by atoms with E-state index in [1.807, 2.05) is 32.0 Å². The number of carbonyl (C=O) groups excluding carboxylic acids is 1. The third-order valence-corrected chi connectivity index (χ3v) is 3.72. The molecule has 0 bridgehead atoms. The van der Waals surface area contributed by atoms with Crippen molar-refractivity contribution >= 4 is 17.4 Å². The molecular weight excluding hydrogens is 288 g/mol. The molecule has 1 aromatic carbocycles. The van der Waals surface area contributed by atoms with E-state index in [2.05, 4.69) is 40.5 Å². The zero-order chi connectivity index (χ0) is 16.8. The van der Waals surface area contributed by atoms with Crippen molar-refractivity contribution in [3.05, 3.63) is 47.9 Å². The highest BCUT2D eigenvalue weighted by Crippen LogP contribution is 2.25. The SMILES string of the molecule is CCC(C)NC(=O)c1cnc(Nc2ccccc2C(C)C)cn1. The van der Waals surface area contributed by atoms with Crippen LogP contribution in [0.25, 0.3) is 0 Å². The van der Waals surface area contributed by atoms with E-state index < -0.39 is 0 Å². The highest BCUT2D eigenvalue weighted by molar-refractivity contribution is 5.92. The summed E-state index contributed by atoms with van der Waals surface area (Å²) in [6, 6.07) is 8.24. The quantitative estimate of drug-likeness (QED) is 0.849. The van der Waals surface area contributed by atoms with Crippen molar-refractivity contribution in [2.24, 2.45) is 0 Å². The minimum atomic E-state index is -0.194. The molecule has 0 aliphatic rings. The summed E-state index contributed by atoms with van der Waals surface area (Å²) in [5.74, 6) is 0.839. The minimum absolute atomic E-state index is 0.125. The molecule has 0 aliphatic carbocycles. The molecule has 2 aromatic rings. The molecule has 0 spiro atoms. The largest absolute Gasteiger partial charge is 0.348 e. The van der Waals surface area contributed by atoms with Gasteiger partial charge >= 0.3 is 0 Å². The van der Waals surface area contributed by atoms with Gasteiger partial charge in [-0.05, 0) is 30.9 Å². The highest BCUT2D eigenvalue weighted by Gasteiger charge is 2.11. The molecule has 1 atom stereocenters. The molecule has 23 heavy (non-hydrogen) atoms. The van der Waals surface area contributed by atoms with Crippen molar-refractivity contribution in [1.82, 2.24) is 15.3 Å². The molecule has 1 aromatic heterocycles. The van der Waals surface area contributed by atoms with Crippen LogP contribution >= 0.6 is 0 Å². The average molecular weight is 312 g/mol. The number of benzene rings is 1. The van der Waals surface area contributed by atoms with Crippen molar-refractivity contribution in [2.45, 2.75) is 46.1 Å². The fourth-order valence-corrected chi connectivity index (χ4v) is 2.16. The summed E-state index contributed by atoms with van der Waals surface area (Å²) in [7, 11) is 0. The number of anilines is 2. The van der Waals surface area contributed by atoms with Crippen LogP contribution in [0.2, 0.25) is 0 Å². The number of amides is 1. The molecule has 5 nitrogen and oxygen atoms in total. The smallest absolute Gasteiger partial charge is 0.271 e. The van der Waals surface area contributed by atoms with Crippen molar-refractivity contribution in [3.63, 3.8) is 0 Å². The van der Waals surface area contributed by atoms with E-state index in [0.717, 1.165) is 12.1 Å². The Kier molecular flexibility index (Phi) is 5.68. The van der Waals surface area contributed by atoms with Crippen molar-refractivity contribution in [1.29, 1.82) is 0 Å². The Labute approximate surface area is 137 Å². The first kappa shape index (κ1) is 16.9. The Balaban J connectivity index is 2.10. The summed E-state index contributed by atoms with van der Waals surface area (Å²) in [4.78, 5) is 20.5. The van der Waals surface area contributed by atoms with Gasteiger partial charge in [-0.25, -0.2) is 9.97 Å². The second kappa shape index (κ2) is 7.72. The van der Waals surface area contributed by atoms with Gasteiger partial charge in [-0.3, -0.25) is 4.79 Å². The number of carbonyl (C=O) groups is 1. The van der Waals surface area contributed by atoms with Crippen molar-refractivity contribution < 1.29 is 4.79 Å². The minimum Gasteiger partial charge on any atom is -0.348 e. The predicted octanol–water partition coefficient (Wildman–Crippen LogP) is 3.87. The van der Waals surface area contributed by atoms with Gasteiger partial charge in [0, 0.05) is 11.7 Å². The third kappa shape index (κ3) is 4.52. The lowest BCUT2D eigenvalue weighted by Crippen LogP contribution is -2.32. The van der Waals surface area contributed by atoms with E-state index in [-0.39, 0.29) is 11.9 Å². The van der Waals surface area contributed by atoms with E-state index >= 15 is 0 Å². The maximum Gasteiger partial charge on any atom is 0.271 e. The van der Waals surface area contributed by atoms with Gasteiger partial charge in [0.15, 0.2) is 0 Å². The first-order valence-corrected chi connectivity index (χ1v) is 8.00. The maximum atomic E-state index is 12.0. The normalized spacial score (nSPS) is 12.0. The van der Waals surface area contributed by atoms with E-state index in [1.54, 1.807) is 6.20 Å². The zero-order valence-corrected chi connectivity index (χ0v) is 14.1. The van der Waals surface area contributed by atoms with Crippen molar-refractivity contribution in [2.75, 3.05) is 5.32 Å². The molecule has 0 radical (unpaired) electrons. The molecule has 1 amide bonds. The van der Waals surface area contributed by atoms with Crippen LogP contribution in [0, 0.1) is 0 Å². The van der Waals surface area contributed by atoms with E-state index in [1.165, 1.54) is 11.8 Å². The lowest BCUT2D eigenvalue weighted by Gasteiger charge is -2.14. The molecule has 0 saturated heterocycles. The van der Waals surface area contributed by atoms with Crippen molar-refractivity contribution in [3.8, 4) is 0 Å². The standard InChI is InChI=1S/C18H24N4O/c1-5-13(4)21-18(23)16-10-20-17(11-19-16)22-15-9-7-6-8-14(15)12(2)3/h6-13H,5H2,1-4H3,(H,20,22)(H,21,23). The van der Waals surface area contributed by atoms with Gasteiger partial charge in [0.2, 0.25) is 0 Å². The third-order valence-electron chi connectivity index (χ3n) is 3.72. The summed E-state index contributed by atoms with van der Waals surface area (Å²) >= 11 is 0. The van der Waals surface area contributed by atoms with Crippen LogP contribution in [-0.4, -0.2) is 21.9 Å². The van der Waals surface area contributed by atoms with Gasteiger partial charge in [0.25, 0.3) is 5.91 Å². The lowest BCUT2D eigenvalue weighted by molar-refractivity contribution is 0.0934. The molecule has 122 valence electrons. The molecule has 0 fully saturated rings.